The lowest BCUT2D eigenvalue weighted by Crippen LogP contribution is -2.35. The summed E-state index contributed by atoms with van der Waals surface area (Å²) in [5.74, 6) is -0.190. The van der Waals surface area contributed by atoms with Crippen molar-refractivity contribution in [2.24, 2.45) is 0 Å². The number of carbonyl (C=O) groups is 1. The van der Waals surface area contributed by atoms with Crippen LogP contribution in [0.1, 0.15) is 84.1 Å². The Bertz CT molecular complexity index is 1100. The molecule has 0 fully saturated rings. The minimum absolute atomic E-state index is 0.0356. The van der Waals surface area contributed by atoms with Gasteiger partial charge in [-0.05, 0) is 55.7 Å². The van der Waals surface area contributed by atoms with Crippen molar-refractivity contribution in [2.75, 3.05) is 6.61 Å². The van der Waals surface area contributed by atoms with Crippen LogP contribution < -0.4 is 0 Å². The van der Waals surface area contributed by atoms with Gasteiger partial charge < -0.3 is 9.84 Å². The van der Waals surface area contributed by atoms with E-state index < -0.39 is 5.41 Å². The van der Waals surface area contributed by atoms with Crippen molar-refractivity contribution in [3.63, 3.8) is 0 Å². The molecule has 2 aromatic carbocycles. The van der Waals surface area contributed by atoms with Crippen LogP contribution in [0.2, 0.25) is 5.02 Å². The predicted octanol–water partition coefficient (Wildman–Crippen LogP) is 7.13. The maximum absolute atomic E-state index is 13.3. The minimum Gasteiger partial charge on any atom is -0.506 e. The van der Waals surface area contributed by atoms with Crippen LogP contribution in [0.15, 0.2) is 36.4 Å². The standard InChI is InChI=1S/C27H36ClN3O3/c1-4-6-8-9-10-11-17-34-26(33)27(3,16-7-5-2)20-12-15-25(32)24(18-20)31-29-22-14-13-21(28)19-23(22)30-31/h12-15,18-19,32H,4-11,16-17H2,1-3H3. The van der Waals surface area contributed by atoms with Gasteiger partial charge in [0.2, 0.25) is 0 Å². The van der Waals surface area contributed by atoms with Crippen LogP contribution in [0.4, 0.5) is 0 Å². The van der Waals surface area contributed by atoms with E-state index in [-0.39, 0.29) is 11.7 Å². The van der Waals surface area contributed by atoms with Crippen LogP contribution in [0.3, 0.4) is 0 Å². The summed E-state index contributed by atoms with van der Waals surface area (Å²) in [7, 11) is 0. The number of benzene rings is 2. The lowest BCUT2D eigenvalue weighted by molar-refractivity contribution is -0.150. The number of unbranched alkanes of at least 4 members (excludes halogenated alkanes) is 6. The molecular formula is C27H36ClN3O3. The predicted molar refractivity (Wildman–Crippen MR) is 137 cm³/mol. The molecule has 1 unspecified atom stereocenters. The van der Waals surface area contributed by atoms with Crippen molar-refractivity contribution < 1.29 is 14.6 Å². The highest BCUT2D eigenvalue weighted by atomic mass is 35.5. The summed E-state index contributed by atoms with van der Waals surface area (Å²) in [5.41, 5.74) is 1.67. The largest absolute Gasteiger partial charge is 0.506 e. The summed E-state index contributed by atoms with van der Waals surface area (Å²) in [6, 6.07) is 10.4. The smallest absolute Gasteiger partial charge is 0.316 e. The first kappa shape index (κ1) is 26.0. The third-order valence-electron chi connectivity index (χ3n) is 6.38. The summed E-state index contributed by atoms with van der Waals surface area (Å²) in [4.78, 5) is 14.7. The van der Waals surface area contributed by atoms with Gasteiger partial charge in [-0.2, -0.15) is 0 Å². The Kier molecular flexibility index (Phi) is 9.34. The second kappa shape index (κ2) is 12.2. The Morgan fingerprint density at radius 1 is 0.971 bits per heavy atom. The molecule has 6 nitrogen and oxygen atoms in total. The number of aromatic hydroxyl groups is 1. The number of phenols is 1. The second-order valence-electron chi connectivity index (χ2n) is 9.17. The van der Waals surface area contributed by atoms with E-state index in [4.69, 9.17) is 16.3 Å². The minimum atomic E-state index is -0.823. The van der Waals surface area contributed by atoms with Gasteiger partial charge >= 0.3 is 5.97 Å². The summed E-state index contributed by atoms with van der Waals surface area (Å²) in [6.45, 7) is 6.67. The SMILES string of the molecule is CCCCCCCCOC(=O)C(C)(CCCC)c1ccc(O)c(-n2nc3ccc(Cl)cc3n2)c1. The number of aromatic nitrogens is 3. The molecule has 1 N–H and O–H groups in total. The monoisotopic (exact) mass is 485 g/mol. The summed E-state index contributed by atoms with van der Waals surface area (Å²) >= 11 is 6.08. The van der Waals surface area contributed by atoms with Crippen LogP contribution in [-0.4, -0.2) is 32.7 Å². The van der Waals surface area contributed by atoms with Gasteiger partial charge in [-0.15, -0.1) is 15.0 Å². The van der Waals surface area contributed by atoms with E-state index in [1.54, 1.807) is 36.4 Å². The zero-order valence-electron chi connectivity index (χ0n) is 20.5. The molecule has 0 amide bonds. The number of carbonyl (C=O) groups excluding carboxylic acids is 1. The number of hydrogen-bond donors (Lipinski definition) is 1. The Morgan fingerprint density at radius 2 is 1.68 bits per heavy atom. The van der Waals surface area contributed by atoms with Crippen molar-refractivity contribution in [2.45, 2.75) is 84.0 Å². The maximum atomic E-state index is 13.3. The van der Waals surface area contributed by atoms with E-state index >= 15 is 0 Å². The molecule has 7 heteroatoms. The summed E-state index contributed by atoms with van der Waals surface area (Å²) in [6.07, 6.45) is 9.36. The molecule has 0 aliphatic rings. The first-order valence-corrected chi connectivity index (χ1v) is 12.8. The molecule has 1 atom stereocenters. The molecule has 0 aliphatic heterocycles. The molecule has 34 heavy (non-hydrogen) atoms. The van der Waals surface area contributed by atoms with Crippen LogP contribution in [0.5, 0.6) is 5.75 Å². The van der Waals surface area contributed by atoms with Gasteiger partial charge in [0.05, 0.1) is 12.0 Å². The van der Waals surface area contributed by atoms with E-state index in [1.165, 1.54) is 30.5 Å². The average molecular weight is 486 g/mol. The first-order chi connectivity index (χ1) is 16.4. The molecule has 0 saturated heterocycles. The van der Waals surface area contributed by atoms with Crippen LogP contribution in [0, 0.1) is 0 Å². The van der Waals surface area contributed by atoms with Crippen molar-refractivity contribution in [1.29, 1.82) is 0 Å². The third-order valence-corrected chi connectivity index (χ3v) is 6.62. The quantitative estimate of drug-likeness (QED) is 0.206. The van der Waals surface area contributed by atoms with Crippen molar-refractivity contribution >= 4 is 28.6 Å². The molecule has 1 aromatic heterocycles. The molecular weight excluding hydrogens is 450 g/mol. The van der Waals surface area contributed by atoms with Crippen molar-refractivity contribution in [3.8, 4) is 11.4 Å². The van der Waals surface area contributed by atoms with Crippen LogP contribution in [0.25, 0.3) is 16.7 Å². The molecule has 0 radical (unpaired) electrons. The number of ether oxygens (including phenoxy) is 1. The van der Waals surface area contributed by atoms with Gasteiger partial charge in [0.1, 0.15) is 22.5 Å². The number of esters is 1. The topological polar surface area (TPSA) is 77.2 Å². The number of phenolic OH excluding ortho intramolecular Hbond substituents is 1. The van der Waals surface area contributed by atoms with E-state index in [1.807, 2.05) is 6.92 Å². The highest BCUT2D eigenvalue weighted by Gasteiger charge is 2.37. The van der Waals surface area contributed by atoms with Crippen LogP contribution >= 0.6 is 11.6 Å². The fraction of sp³-hybridized carbons (Fsp3) is 0.519. The fourth-order valence-electron chi connectivity index (χ4n) is 4.12. The van der Waals surface area contributed by atoms with Gasteiger partial charge in [0.15, 0.2) is 0 Å². The van der Waals surface area contributed by atoms with Crippen molar-refractivity contribution in [1.82, 2.24) is 15.0 Å². The molecule has 1 heterocycles. The number of rotatable bonds is 13. The first-order valence-electron chi connectivity index (χ1n) is 12.4. The van der Waals surface area contributed by atoms with Crippen molar-refractivity contribution in [3.05, 3.63) is 47.0 Å². The second-order valence-corrected chi connectivity index (χ2v) is 9.60. The normalized spacial score (nSPS) is 13.2. The Labute approximate surface area is 207 Å². The Morgan fingerprint density at radius 3 is 2.44 bits per heavy atom. The van der Waals surface area contributed by atoms with Crippen LogP contribution in [-0.2, 0) is 14.9 Å². The maximum Gasteiger partial charge on any atom is 0.316 e. The number of fused-ring (bicyclic) bond motifs is 1. The zero-order chi connectivity index (χ0) is 24.6. The molecule has 0 spiro atoms. The molecule has 3 rings (SSSR count). The number of halogens is 1. The number of hydrogen-bond acceptors (Lipinski definition) is 5. The highest BCUT2D eigenvalue weighted by molar-refractivity contribution is 6.31. The highest BCUT2D eigenvalue weighted by Crippen LogP contribution is 2.35. The lowest BCUT2D eigenvalue weighted by atomic mass is 9.78. The third kappa shape index (κ3) is 6.29. The molecule has 184 valence electrons. The Hall–Kier alpha value is -2.60. The number of nitrogens with zero attached hydrogens (tertiary/aromatic N) is 3. The lowest BCUT2D eigenvalue weighted by Gasteiger charge is -2.28. The molecule has 0 bridgehead atoms. The van der Waals surface area contributed by atoms with Gasteiger partial charge in [-0.25, -0.2) is 0 Å². The van der Waals surface area contributed by atoms with E-state index in [9.17, 15) is 9.90 Å². The summed E-state index contributed by atoms with van der Waals surface area (Å²) in [5, 5.41) is 20.1. The Balaban J connectivity index is 1.81. The molecule has 0 aliphatic carbocycles. The van der Waals surface area contributed by atoms with Gasteiger partial charge in [0, 0.05) is 5.02 Å². The summed E-state index contributed by atoms with van der Waals surface area (Å²) < 4.78 is 5.75. The van der Waals surface area contributed by atoms with Gasteiger partial charge in [-0.3, -0.25) is 4.79 Å². The average Bonchev–Trinajstić information content (AvgIpc) is 3.25. The molecule has 0 saturated carbocycles. The zero-order valence-corrected chi connectivity index (χ0v) is 21.3. The van der Waals surface area contributed by atoms with Gasteiger partial charge in [0.25, 0.3) is 0 Å². The fourth-order valence-corrected chi connectivity index (χ4v) is 4.29. The molecule has 3 aromatic rings. The van der Waals surface area contributed by atoms with E-state index in [0.717, 1.165) is 31.2 Å². The van der Waals surface area contributed by atoms with Gasteiger partial charge in [-0.1, -0.05) is 76.5 Å². The van der Waals surface area contributed by atoms with E-state index in [2.05, 4.69) is 24.0 Å². The van der Waals surface area contributed by atoms with E-state index in [0.29, 0.717) is 34.8 Å².